The van der Waals surface area contributed by atoms with Crippen LogP contribution in [0.4, 0.5) is 4.39 Å². The first-order valence-corrected chi connectivity index (χ1v) is 11.0. The monoisotopic (exact) mass is 479 g/mol. The average molecular weight is 479 g/mol. The van der Waals surface area contributed by atoms with Gasteiger partial charge in [-0.1, -0.05) is 11.8 Å². The van der Waals surface area contributed by atoms with Gasteiger partial charge in [-0.15, -0.1) is 0 Å². The first-order chi connectivity index (χ1) is 16.3. The molecule has 0 aliphatic heterocycles. The lowest BCUT2D eigenvalue weighted by Gasteiger charge is -2.13. The third-order valence-corrected chi connectivity index (χ3v) is 6.54. The van der Waals surface area contributed by atoms with Gasteiger partial charge in [0, 0.05) is 11.9 Å². The molecule has 0 atom stereocenters. The van der Waals surface area contributed by atoms with Gasteiger partial charge in [0.2, 0.25) is 0 Å². The summed E-state index contributed by atoms with van der Waals surface area (Å²) in [5.74, 6) is -0.323. The Hall–Kier alpha value is -4.05. The van der Waals surface area contributed by atoms with Crippen molar-refractivity contribution >= 4 is 33.8 Å². The predicted molar refractivity (Wildman–Crippen MR) is 126 cm³/mol. The lowest BCUT2D eigenvalue weighted by Crippen LogP contribution is -2.22. The van der Waals surface area contributed by atoms with E-state index in [1.807, 2.05) is 0 Å². The first-order valence-electron chi connectivity index (χ1n) is 10.2. The molecule has 8 nitrogen and oxygen atoms in total. The third kappa shape index (κ3) is 3.34. The Kier molecular flexibility index (Phi) is 5.17. The zero-order valence-corrected chi connectivity index (χ0v) is 19.1. The number of fused-ring (bicyclic) bond motifs is 3. The lowest BCUT2D eigenvalue weighted by atomic mass is 10.1. The van der Waals surface area contributed by atoms with E-state index in [1.54, 1.807) is 45.3 Å². The summed E-state index contributed by atoms with van der Waals surface area (Å²) >= 11 is 0.886. The lowest BCUT2D eigenvalue weighted by molar-refractivity contribution is 0.414. The van der Waals surface area contributed by atoms with Gasteiger partial charge in [-0.3, -0.25) is 14.0 Å². The minimum atomic E-state index is -0.814. The van der Waals surface area contributed by atoms with Crippen molar-refractivity contribution < 1.29 is 18.7 Å². The third-order valence-electron chi connectivity index (χ3n) is 5.47. The van der Waals surface area contributed by atoms with Crippen LogP contribution in [0.2, 0.25) is 0 Å². The van der Waals surface area contributed by atoms with Gasteiger partial charge in [0.1, 0.15) is 27.5 Å². The van der Waals surface area contributed by atoms with E-state index in [9.17, 15) is 19.1 Å². The summed E-state index contributed by atoms with van der Waals surface area (Å²) in [7, 11) is 3.22. The number of hydrogen-bond acceptors (Lipinski definition) is 7. The fourth-order valence-corrected chi connectivity index (χ4v) is 4.77. The molecule has 0 fully saturated rings. The summed E-state index contributed by atoms with van der Waals surface area (Å²) in [5, 5.41) is 15.8. The topological polar surface area (TPSA) is 99.5 Å². The number of nitrogens with zero attached hydrogens (tertiary/aromatic N) is 3. The van der Waals surface area contributed by atoms with E-state index < -0.39 is 22.8 Å². The number of hydrogen-bond donors (Lipinski definition) is 1. The summed E-state index contributed by atoms with van der Waals surface area (Å²) in [6.45, 7) is 1.73. The van der Waals surface area contributed by atoms with Gasteiger partial charge >= 0.3 is 5.63 Å². The minimum Gasteiger partial charge on any atom is -0.505 e. The van der Waals surface area contributed by atoms with E-state index in [2.05, 4.69) is 5.10 Å². The highest BCUT2D eigenvalue weighted by molar-refractivity contribution is 7.99. The Labute approximate surface area is 195 Å². The fraction of sp³-hybridized carbons (Fsp3) is 0.125. The molecule has 0 aliphatic rings. The quantitative estimate of drug-likeness (QED) is 0.414. The largest absolute Gasteiger partial charge is 0.505 e. The summed E-state index contributed by atoms with van der Waals surface area (Å²) in [4.78, 5) is 26.9. The highest BCUT2D eigenvalue weighted by atomic mass is 32.2. The van der Waals surface area contributed by atoms with Crippen LogP contribution in [0, 0.1) is 12.7 Å². The fourth-order valence-electron chi connectivity index (χ4n) is 3.94. The molecule has 0 bridgehead atoms. The molecule has 0 radical (unpaired) electrons. The SMILES string of the molecule is COc1ccc(-n2c(=O)c3c(O)c(Sc4ccc(F)cc4)c(=O)oc3c3c(C)nn(C)c32)cc1. The van der Waals surface area contributed by atoms with Gasteiger partial charge < -0.3 is 14.3 Å². The van der Waals surface area contributed by atoms with Crippen LogP contribution in [0.25, 0.3) is 27.7 Å². The van der Waals surface area contributed by atoms with Crippen LogP contribution in [-0.4, -0.2) is 26.6 Å². The second-order valence-corrected chi connectivity index (χ2v) is 8.66. The molecule has 3 aromatic heterocycles. The molecule has 5 rings (SSSR count). The summed E-state index contributed by atoms with van der Waals surface area (Å²) in [6, 6.07) is 12.2. The Morgan fingerprint density at radius 3 is 2.38 bits per heavy atom. The van der Waals surface area contributed by atoms with E-state index in [0.29, 0.717) is 33.1 Å². The van der Waals surface area contributed by atoms with Gasteiger partial charge in [0.05, 0.1) is 23.9 Å². The number of aromatic nitrogens is 3. The number of rotatable bonds is 4. The summed E-state index contributed by atoms with van der Waals surface area (Å²) < 4.78 is 27.0. The van der Waals surface area contributed by atoms with Crippen LogP contribution < -0.4 is 15.9 Å². The van der Waals surface area contributed by atoms with Crippen molar-refractivity contribution in [2.24, 2.45) is 7.05 Å². The standard InChI is InChI=1S/C24H18FN3O5S/c1-12-17-20-18(19(29)21(24(31)33-20)34-16-10-4-13(25)5-11-16)23(30)28(22(17)27(2)26-12)14-6-8-15(32-3)9-7-14/h4-11,29H,1-3H3. The molecule has 3 heterocycles. The second-order valence-electron chi connectivity index (χ2n) is 7.57. The highest BCUT2D eigenvalue weighted by Crippen LogP contribution is 2.38. The Morgan fingerprint density at radius 2 is 1.74 bits per heavy atom. The van der Waals surface area contributed by atoms with Gasteiger partial charge in [0.15, 0.2) is 11.3 Å². The average Bonchev–Trinajstić information content (AvgIpc) is 3.11. The van der Waals surface area contributed by atoms with Crippen LogP contribution in [0.15, 0.2) is 72.3 Å². The van der Waals surface area contributed by atoms with Crippen LogP contribution in [0.1, 0.15) is 5.69 Å². The van der Waals surface area contributed by atoms with Crippen molar-refractivity contribution in [2.45, 2.75) is 16.7 Å². The minimum absolute atomic E-state index is 0.0404. The van der Waals surface area contributed by atoms with Crippen molar-refractivity contribution in [2.75, 3.05) is 7.11 Å². The molecular formula is C24H18FN3O5S. The smallest absolute Gasteiger partial charge is 0.354 e. The van der Waals surface area contributed by atoms with E-state index >= 15 is 0 Å². The number of pyridine rings is 1. The van der Waals surface area contributed by atoms with Gasteiger partial charge in [0.25, 0.3) is 5.56 Å². The molecule has 0 spiro atoms. The Balaban J connectivity index is 1.86. The number of methoxy groups -OCH3 is 1. The van der Waals surface area contributed by atoms with Crippen LogP contribution in [0.3, 0.4) is 0 Å². The van der Waals surface area contributed by atoms with Crippen molar-refractivity contribution in [1.29, 1.82) is 0 Å². The number of halogens is 1. The van der Waals surface area contributed by atoms with Gasteiger partial charge in [-0.2, -0.15) is 5.10 Å². The van der Waals surface area contributed by atoms with Gasteiger partial charge in [-0.05, 0) is 55.5 Å². The predicted octanol–water partition coefficient (Wildman–Crippen LogP) is 4.14. The molecule has 0 unspecified atom stereocenters. The molecule has 10 heteroatoms. The molecular weight excluding hydrogens is 461 g/mol. The molecule has 34 heavy (non-hydrogen) atoms. The first kappa shape index (κ1) is 21.8. The van der Waals surface area contributed by atoms with Crippen LogP contribution in [-0.2, 0) is 7.05 Å². The molecule has 2 aromatic carbocycles. The van der Waals surface area contributed by atoms with Crippen molar-refractivity contribution in [1.82, 2.24) is 14.3 Å². The maximum atomic E-state index is 13.7. The van der Waals surface area contributed by atoms with Crippen LogP contribution in [0.5, 0.6) is 11.5 Å². The normalized spacial score (nSPS) is 11.4. The van der Waals surface area contributed by atoms with E-state index in [-0.39, 0.29) is 15.9 Å². The van der Waals surface area contributed by atoms with E-state index in [0.717, 1.165) is 11.8 Å². The molecule has 0 amide bonds. The number of benzene rings is 2. The molecule has 0 aliphatic carbocycles. The maximum Gasteiger partial charge on any atom is 0.354 e. The Bertz CT molecular complexity index is 1690. The molecule has 0 saturated heterocycles. The summed E-state index contributed by atoms with van der Waals surface area (Å²) in [5.41, 5.74) is -0.00314. The molecule has 172 valence electrons. The maximum absolute atomic E-state index is 13.7. The molecule has 5 aromatic rings. The zero-order chi connectivity index (χ0) is 24.1. The highest BCUT2D eigenvalue weighted by Gasteiger charge is 2.26. The van der Waals surface area contributed by atoms with Crippen molar-refractivity contribution in [3.8, 4) is 17.2 Å². The van der Waals surface area contributed by atoms with Crippen molar-refractivity contribution in [3.05, 3.63) is 80.8 Å². The van der Waals surface area contributed by atoms with E-state index in [1.165, 1.54) is 33.5 Å². The summed E-state index contributed by atoms with van der Waals surface area (Å²) in [6.07, 6.45) is 0. The van der Waals surface area contributed by atoms with Crippen molar-refractivity contribution in [3.63, 3.8) is 0 Å². The zero-order valence-electron chi connectivity index (χ0n) is 18.3. The molecule has 1 N–H and O–H groups in total. The Morgan fingerprint density at radius 1 is 1.06 bits per heavy atom. The van der Waals surface area contributed by atoms with E-state index in [4.69, 9.17) is 9.15 Å². The number of ether oxygens (including phenoxy) is 1. The second kappa shape index (κ2) is 8.07. The van der Waals surface area contributed by atoms with Crippen LogP contribution >= 0.6 is 11.8 Å². The number of aromatic hydroxyl groups is 1. The van der Waals surface area contributed by atoms with Gasteiger partial charge in [-0.25, -0.2) is 9.18 Å². The number of aryl methyl sites for hydroxylation is 2. The molecule has 0 saturated carbocycles.